The summed E-state index contributed by atoms with van der Waals surface area (Å²) in [5.41, 5.74) is 2.53. The summed E-state index contributed by atoms with van der Waals surface area (Å²) in [5.74, 6) is 0. The van der Waals surface area contributed by atoms with E-state index >= 15 is 0 Å². The molecule has 0 amide bonds. The minimum absolute atomic E-state index is 1.26. The summed E-state index contributed by atoms with van der Waals surface area (Å²) >= 11 is 0. The summed E-state index contributed by atoms with van der Waals surface area (Å²) in [6, 6.07) is 8.36. The van der Waals surface area contributed by atoms with Crippen molar-refractivity contribution in [2.75, 3.05) is 19.0 Å². The maximum absolute atomic E-state index is 2.12. The van der Waals surface area contributed by atoms with Crippen LogP contribution in [0, 0.1) is 0 Å². The molecule has 0 N–H and O–H groups in total. The maximum Gasteiger partial charge on any atom is 0.0434 e. The van der Waals surface area contributed by atoms with Crippen LogP contribution in [0.5, 0.6) is 0 Å². The van der Waals surface area contributed by atoms with Crippen molar-refractivity contribution in [1.29, 1.82) is 0 Å². The fourth-order valence-corrected chi connectivity index (χ4v) is 1.22. The molecule has 0 radical (unpaired) electrons. The molecular weight excluding hydrogens is 170 g/mol. The second-order valence-electron chi connectivity index (χ2n) is 2.95. The fraction of sp³-hybridized carbons (Fsp3) is 0.385. The number of anilines is 1. The lowest BCUT2D eigenvalue weighted by atomic mass is 10.1. The second-order valence-corrected chi connectivity index (χ2v) is 2.95. The van der Waals surface area contributed by atoms with Crippen LogP contribution in [-0.2, 0) is 0 Å². The molecule has 1 nitrogen and oxygen atoms in total. The minimum atomic E-state index is 1.26. The molecule has 0 aromatic heterocycles. The Balaban J connectivity index is 0.000000791. The van der Waals surface area contributed by atoms with Crippen molar-refractivity contribution < 1.29 is 0 Å². The highest BCUT2D eigenvalue weighted by molar-refractivity contribution is 5.66. The lowest BCUT2D eigenvalue weighted by Gasteiger charge is -2.14. The summed E-state index contributed by atoms with van der Waals surface area (Å²) in [4.78, 5) is 2.12. The van der Waals surface area contributed by atoms with Gasteiger partial charge < -0.3 is 4.90 Å². The molecule has 1 heteroatoms. The minimum Gasteiger partial charge on any atom is -0.377 e. The molecule has 14 heavy (non-hydrogen) atoms. The van der Waals surface area contributed by atoms with Crippen molar-refractivity contribution in [3.8, 4) is 0 Å². The van der Waals surface area contributed by atoms with Gasteiger partial charge in [0.2, 0.25) is 0 Å². The van der Waals surface area contributed by atoms with E-state index in [-0.39, 0.29) is 0 Å². The lowest BCUT2D eigenvalue weighted by molar-refractivity contribution is 1.13. The highest BCUT2D eigenvalue weighted by Crippen LogP contribution is 2.18. The smallest absolute Gasteiger partial charge is 0.0434 e. The molecule has 0 fully saturated rings. The lowest BCUT2D eigenvalue weighted by Crippen LogP contribution is -2.09. The molecule has 78 valence electrons. The van der Waals surface area contributed by atoms with Crippen molar-refractivity contribution in [1.82, 2.24) is 0 Å². The van der Waals surface area contributed by atoms with Gasteiger partial charge in [0.15, 0.2) is 0 Å². The van der Waals surface area contributed by atoms with Crippen LogP contribution in [0.4, 0.5) is 5.69 Å². The van der Waals surface area contributed by atoms with Crippen molar-refractivity contribution in [3.63, 3.8) is 0 Å². The first kappa shape index (κ1) is 12.8. The summed E-state index contributed by atoms with van der Waals surface area (Å²) < 4.78 is 0. The van der Waals surface area contributed by atoms with Crippen LogP contribution in [0.2, 0.25) is 0 Å². The van der Waals surface area contributed by atoms with Gasteiger partial charge in [-0.1, -0.05) is 44.2 Å². The molecule has 0 unspecified atom stereocenters. The Labute approximate surface area is 88.1 Å². The van der Waals surface area contributed by atoms with E-state index in [2.05, 4.69) is 55.4 Å². The van der Waals surface area contributed by atoms with Gasteiger partial charge in [0.25, 0.3) is 0 Å². The molecule has 1 aromatic rings. The van der Waals surface area contributed by atoms with E-state index in [4.69, 9.17) is 0 Å². The van der Waals surface area contributed by atoms with Gasteiger partial charge in [0.05, 0.1) is 0 Å². The molecule has 0 spiro atoms. The molecule has 0 aliphatic rings. The summed E-state index contributed by atoms with van der Waals surface area (Å²) in [5, 5.41) is 0. The van der Waals surface area contributed by atoms with Gasteiger partial charge in [-0.2, -0.15) is 0 Å². The van der Waals surface area contributed by atoms with E-state index in [9.17, 15) is 0 Å². The first-order valence-corrected chi connectivity index (χ1v) is 5.14. The molecule has 1 aromatic carbocycles. The van der Waals surface area contributed by atoms with E-state index in [1.54, 1.807) is 0 Å². The molecule has 0 atom stereocenters. The topological polar surface area (TPSA) is 3.24 Å². The Hall–Kier alpha value is -1.24. The van der Waals surface area contributed by atoms with Gasteiger partial charge in [0.1, 0.15) is 0 Å². The average Bonchev–Trinajstić information content (AvgIpc) is 2.22. The number of benzene rings is 1. The van der Waals surface area contributed by atoms with Crippen LogP contribution in [0.25, 0.3) is 6.08 Å². The van der Waals surface area contributed by atoms with Gasteiger partial charge in [0, 0.05) is 19.8 Å². The van der Waals surface area contributed by atoms with Crippen LogP contribution in [0.15, 0.2) is 30.3 Å². The van der Waals surface area contributed by atoms with Crippen LogP contribution in [0.3, 0.4) is 0 Å². The maximum atomic E-state index is 2.12. The molecule has 1 rings (SSSR count). The van der Waals surface area contributed by atoms with E-state index in [1.165, 1.54) is 11.3 Å². The quantitative estimate of drug-likeness (QED) is 0.687. The number of para-hydroxylation sites is 1. The van der Waals surface area contributed by atoms with Gasteiger partial charge in [-0.15, -0.1) is 0 Å². The number of allylic oxidation sites excluding steroid dienone is 1. The van der Waals surface area contributed by atoms with Gasteiger partial charge in [-0.05, 0) is 18.6 Å². The van der Waals surface area contributed by atoms with E-state index in [1.807, 2.05) is 20.8 Å². The monoisotopic (exact) mass is 191 g/mol. The Bertz CT molecular complexity index is 274. The molecular formula is C13H21N. The molecule has 0 aliphatic heterocycles. The third-order valence-corrected chi connectivity index (χ3v) is 1.76. The SMILES string of the molecule is C/C=C\c1ccccc1N(C)C.CC. The molecule has 0 aliphatic carbocycles. The van der Waals surface area contributed by atoms with Crippen LogP contribution in [-0.4, -0.2) is 14.1 Å². The highest BCUT2D eigenvalue weighted by Gasteiger charge is 1.98. The van der Waals surface area contributed by atoms with Gasteiger partial charge >= 0.3 is 0 Å². The highest BCUT2D eigenvalue weighted by atomic mass is 15.1. The largest absolute Gasteiger partial charge is 0.377 e. The van der Waals surface area contributed by atoms with Crippen molar-refractivity contribution in [3.05, 3.63) is 35.9 Å². The van der Waals surface area contributed by atoms with Crippen LogP contribution < -0.4 is 4.90 Å². The number of rotatable bonds is 2. The normalized spacial score (nSPS) is 9.50. The Morgan fingerprint density at radius 2 is 1.64 bits per heavy atom. The zero-order valence-electron chi connectivity index (χ0n) is 9.91. The molecule has 0 bridgehead atoms. The average molecular weight is 191 g/mol. The second kappa shape index (κ2) is 7.19. The first-order chi connectivity index (χ1) is 6.75. The summed E-state index contributed by atoms with van der Waals surface area (Å²) in [6.45, 7) is 6.03. The molecule has 0 saturated carbocycles. The zero-order chi connectivity index (χ0) is 11.0. The van der Waals surface area contributed by atoms with Crippen molar-refractivity contribution in [2.24, 2.45) is 0 Å². The fourth-order valence-electron chi connectivity index (χ4n) is 1.22. The van der Waals surface area contributed by atoms with Crippen LogP contribution >= 0.6 is 0 Å². The van der Waals surface area contributed by atoms with Crippen molar-refractivity contribution in [2.45, 2.75) is 20.8 Å². The molecule has 0 heterocycles. The Morgan fingerprint density at radius 1 is 1.07 bits per heavy atom. The zero-order valence-corrected chi connectivity index (χ0v) is 9.91. The first-order valence-electron chi connectivity index (χ1n) is 5.14. The Morgan fingerprint density at radius 3 is 2.14 bits per heavy atom. The Kier molecular flexibility index (Phi) is 6.55. The third-order valence-electron chi connectivity index (χ3n) is 1.76. The predicted molar refractivity (Wildman–Crippen MR) is 66.8 cm³/mol. The van der Waals surface area contributed by atoms with E-state index in [0.29, 0.717) is 0 Å². The van der Waals surface area contributed by atoms with Crippen LogP contribution in [0.1, 0.15) is 26.3 Å². The third kappa shape index (κ3) is 3.65. The van der Waals surface area contributed by atoms with Gasteiger partial charge in [-0.3, -0.25) is 0 Å². The summed E-state index contributed by atoms with van der Waals surface area (Å²) in [7, 11) is 4.12. The predicted octanol–water partition coefficient (Wildman–Crippen LogP) is 3.81. The van der Waals surface area contributed by atoms with E-state index in [0.717, 1.165) is 0 Å². The molecule has 0 saturated heterocycles. The number of hydrogen-bond donors (Lipinski definition) is 0. The van der Waals surface area contributed by atoms with Crippen molar-refractivity contribution >= 4 is 11.8 Å². The number of nitrogens with zero attached hydrogens (tertiary/aromatic N) is 1. The summed E-state index contributed by atoms with van der Waals surface area (Å²) in [6.07, 6.45) is 4.18. The van der Waals surface area contributed by atoms with E-state index < -0.39 is 0 Å². The van der Waals surface area contributed by atoms with Gasteiger partial charge in [-0.25, -0.2) is 0 Å². The standard InChI is InChI=1S/C11H15N.C2H6/c1-4-7-10-8-5-6-9-11(10)12(2)3;1-2/h4-9H,1-3H3;1-2H3/b7-4-;. The number of hydrogen-bond acceptors (Lipinski definition) is 1.